The van der Waals surface area contributed by atoms with E-state index in [0.29, 0.717) is 22.7 Å². The Kier molecular flexibility index (Phi) is 5.56. The van der Waals surface area contributed by atoms with Crippen molar-refractivity contribution < 1.29 is 14.3 Å². The molecule has 0 spiro atoms. The molecule has 1 aromatic heterocycles. The molecule has 0 fully saturated rings. The molecule has 2 N–H and O–H groups in total. The van der Waals surface area contributed by atoms with E-state index in [2.05, 4.69) is 15.6 Å². The van der Waals surface area contributed by atoms with Gasteiger partial charge in [0.1, 0.15) is 11.5 Å². The molecule has 6 heteroatoms. The number of rotatable bonds is 6. The summed E-state index contributed by atoms with van der Waals surface area (Å²) >= 11 is 0. The molecule has 2 aromatic carbocycles. The number of ether oxygens (including phenoxy) is 2. The molecular formula is C21H21N3O3. The first-order chi connectivity index (χ1) is 13.1. The molecule has 0 saturated carbocycles. The average molecular weight is 363 g/mol. The lowest BCUT2D eigenvalue weighted by atomic mass is 10.2. The Balaban J connectivity index is 1.78. The zero-order chi connectivity index (χ0) is 19.2. The Labute approximate surface area is 158 Å². The van der Waals surface area contributed by atoms with Crippen molar-refractivity contribution in [2.75, 3.05) is 24.9 Å². The van der Waals surface area contributed by atoms with Crippen molar-refractivity contribution in [2.45, 2.75) is 6.92 Å². The molecular weight excluding hydrogens is 342 g/mol. The van der Waals surface area contributed by atoms with Crippen molar-refractivity contribution in [1.29, 1.82) is 0 Å². The van der Waals surface area contributed by atoms with Crippen molar-refractivity contribution in [3.05, 3.63) is 72.1 Å². The van der Waals surface area contributed by atoms with Crippen LogP contribution in [0.2, 0.25) is 0 Å². The van der Waals surface area contributed by atoms with E-state index >= 15 is 0 Å². The van der Waals surface area contributed by atoms with Crippen LogP contribution in [0.25, 0.3) is 0 Å². The van der Waals surface area contributed by atoms with E-state index in [0.717, 1.165) is 17.0 Å². The minimum absolute atomic E-state index is 0.263. The average Bonchev–Trinajstić information content (AvgIpc) is 2.68. The summed E-state index contributed by atoms with van der Waals surface area (Å²) in [5, 5.41) is 6.10. The fraction of sp³-hybridized carbons (Fsp3) is 0.143. The molecule has 0 aliphatic carbocycles. The fourth-order valence-electron chi connectivity index (χ4n) is 2.61. The summed E-state index contributed by atoms with van der Waals surface area (Å²) in [6, 6.07) is 14.9. The number of carbonyl (C=O) groups is 1. The SMILES string of the molecule is COc1cccc(Nc2cncc(C(=O)Nc3cc(C)ccc3OC)c2)c1. The van der Waals surface area contributed by atoms with Crippen LogP contribution in [-0.2, 0) is 0 Å². The lowest BCUT2D eigenvalue weighted by molar-refractivity contribution is 0.102. The van der Waals surface area contributed by atoms with Gasteiger partial charge in [0.2, 0.25) is 0 Å². The molecule has 1 amide bonds. The molecule has 27 heavy (non-hydrogen) atoms. The Morgan fingerprint density at radius 1 is 0.963 bits per heavy atom. The van der Waals surface area contributed by atoms with E-state index in [1.54, 1.807) is 26.5 Å². The van der Waals surface area contributed by atoms with Crippen molar-refractivity contribution in [3.63, 3.8) is 0 Å². The molecule has 0 radical (unpaired) electrons. The van der Waals surface area contributed by atoms with Crippen molar-refractivity contribution >= 4 is 23.0 Å². The van der Waals surface area contributed by atoms with E-state index in [-0.39, 0.29) is 5.91 Å². The summed E-state index contributed by atoms with van der Waals surface area (Å²) in [4.78, 5) is 16.8. The van der Waals surface area contributed by atoms with Gasteiger partial charge >= 0.3 is 0 Å². The number of pyridine rings is 1. The standard InChI is InChI=1S/C21H21N3O3/c1-14-7-8-20(27-3)19(9-14)24-21(25)15-10-17(13-22-12-15)23-16-5-4-6-18(11-16)26-2/h4-13,23H,1-3H3,(H,24,25). The van der Waals surface area contributed by atoms with Crippen molar-refractivity contribution in [3.8, 4) is 11.5 Å². The topological polar surface area (TPSA) is 72.5 Å². The minimum Gasteiger partial charge on any atom is -0.497 e. The maximum atomic E-state index is 12.6. The van der Waals surface area contributed by atoms with Crippen LogP contribution in [0.3, 0.4) is 0 Å². The van der Waals surface area contributed by atoms with Gasteiger partial charge in [-0.2, -0.15) is 0 Å². The number of benzene rings is 2. The van der Waals surface area contributed by atoms with Gasteiger partial charge < -0.3 is 20.1 Å². The van der Waals surface area contributed by atoms with Gasteiger partial charge in [-0.25, -0.2) is 0 Å². The number of hydrogen-bond acceptors (Lipinski definition) is 5. The van der Waals surface area contributed by atoms with Gasteiger partial charge in [-0.1, -0.05) is 12.1 Å². The van der Waals surface area contributed by atoms with E-state index in [1.807, 2.05) is 49.4 Å². The quantitative estimate of drug-likeness (QED) is 0.679. The summed E-state index contributed by atoms with van der Waals surface area (Å²) in [5.41, 5.74) is 3.62. The number of anilines is 3. The zero-order valence-corrected chi connectivity index (χ0v) is 15.4. The summed E-state index contributed by atoms with van der Waals surface area (Å²) in [6.07, 6.45) is 3.18. The number of hydrogen-bond donors (Lipinski definition) is 2. The number of aryl methyl sites for hydroxylation is 1. The Hall–Kier alpha value is -3.54. The second kappa shape index (κ2) is 8.23. The highest BCUT2D eigenvalue weighted by atomic mass is 16.5. The normalized spacial score (nSPS) is 10.2. The summed E-state index contributed by atoms with van der Waals surface area (Å²) in [7, 11) is 3.19. The first-order valence-electron chi connectivity index (χ1n) is 8.41. The fourth-order valence-corrected chi connectivity index (χ4v) is 2.61. The highest BCUT2D eigenvalue weighted by Crippen LogP contribution is 2.26. The van der Waals surface area contributed by atoms with Crippen LogP contribution in [0.4, 0.5) is 17.1 Å². The maximum absolute atomic E-state index is 12.6. The molecule has 1 heterocycles. The van der Waals surface area contributed by atoms with Crippen molar-refractivity contribution in [1.82, 2.24) is 4.98 Å². The highest BCUT2D eigenvalue weighted by molar-refractivity contribution is 6.05. The van der Waals surface area contributed by atoms with E-state index in [1.165, 1.54) is 6.20 Å². The second-order valence-electron chi connectivity index (χ2n) is 5.98. The third-order valence-electron chi connectivity index (χ3n) is 3.96. The number of aromatic nitrogens is 1. The molecule has 6 nitrogen and oxygen atoms in total. The van der Waals surface area contributed by atoms with Crippen LogP contribution >= 0.6 is 0 Å². The minimum atomic E-state index is -0.263. The Bertz CT molecular complexity index is 957. The second-order valence-corrected chi connectivity index (χ2v) is 5.98. The lowest BCUT2D eigenvalue weighted by Gasteiger charge is -2.12. The molecule has 0 bridgehead atoms. The molecule has 3 aromatic rings. The van der Waals surface area contributed by atoms with E-state index < -0.39 is 0 Å². The van der Waals surface area contributed by atoms with Gasteiger partial charge in [0.05, 0.1) is 37.4 Å². The van der Waals surface area contributed by atoms with Crippen LogP contribution in [-0.4, -0.2) is 25.1 Å². The number of nitrogens with one attached hydrogen (secondary N) is 2. The number of amides is 1. The van der Waals surface area contributed by atoms with Crippen molar-refractivity contribution in [2.24, 2.45) is 0 Å². The van der Waals surface area contributed by atoms with E-state index in [4.69, 9.17) is 9.47 Å². The molecule has 0 atom stereocenters. The third-order valence-corrected chi connectivity index (χ3v) is 3.96. The van der Waals surface area contributed by atoms with E-state index in [9.17, 15) is 4.79 Å². The first-order valence-corrected chi connectivity index (χ1v) is 8.41. The third kappa shape index (κ3) is 4.55. The number of carbonyl (C=O) groups excluding carboxylic acids is 1. The smallest absolute Gasteiger partial charge is 0.257 e. The van der Waals surface area contributed by atoms with Crippen LogP contribution in [0.15, 0.2) is 60.9 Å². The number of methoxy groups -OCH3 is 2. The zero-order valence-electron chi connectivity index (χ0n) is 15.4. The van der Waals surface area contributed by atoms with Gasteiger partial charge in [0.15, 0.2) is 0 Å². The Morgan fingerprint density at radius 3 is 2.59 bits per heavy atom. The molecule has 0 aliphatic heterocycles. The first kappa shape index (κ1) is 18.3. The highest BCUT2D eigenvalue weighted by Gasteiger charge is 2.11. The largest absolute Gasteiger partial charge is 0.497 e. The van der Waals surface area contributed by atoms with Gasteiger partial charge in [0.25, 0.3) is 5.91 Å². The van der Waals surface area contributed by atoms with Crippen LogP contribution in [0.1, 0.15) is 15.9 Å². The van der Waals surface area contributed by atoms with Gasteiger partial charge in [-0.3, -0.25) is 9.78 Å². The van der Waals surface area contributed by atoms with Crippen LogP contribution in [0, 0.1) is 6.92 Å². The Morgan fingerprint density at radius 2 is 1.81 bits per heavy atom. The van der Waals surface area contributed by atoms with Crippen LogP contribution < -0.4 is 20.1 Å². The summed E-state index contributed by atoms with van der Waals surface area (Å²) < 4.78 is 10.5. The van der Waals surface area contributed by atoms with Crippen LogP contribution in [0.5, 0.6) is 11.5 Å². The maximum Gasteiger partial charge on any atom is 0.257 e. The molecule has 138 valence electrons. The molecule has 0 saturated heterocycles. The molecule has 0 unspecified atom stereocenters. The van der Waals surface area contributed by atoms with Gasteiger partial charge in [-0.05, 0) is 42.8 Å². The monoisotopic (exact) mass is 363 g/mol. The summed E-state index contributed by atoms with van der Waals surface area (Å²) in [6.45, 7) is 1.95. The predicted molar refractivity (Wildman–Crippen MR) is 106 cm³/mol. The lowest BCUT2D eigenvalue weighted by Crippen LogP contribution is -2.13. The molecule has 0 aliphatic rings. The predicted octanol–water partition coefficient (Wildman–Crippen LogP) is 4.40. The molecule has 3 rings (SSSR count). The number of nitrogens with zero attached hydrogens (tertiary/aromatic N) is 1. The van der Waals surface area contributed by atoms with Gasteiger partial charge in [-0.15, -0.1) is 0 Å². The van der Waals surface area contributed by atoms with Gasteiger partial charge in [0, 0.05) is 18.0 Å². The summed E-state index contributed by atoms with van der Waals surface area (Å²) in [5.74, 6) is 1.08.